The Balaban J connectivity index is 1.61. The van der Waals surface area contributed by atoms with Crippen LogP contribution in [-0.4, -0.2) is 67.6 Å². The van der Waals surface area contributed by atoms with Gasteiger partial charge in [-0.1, -0.05) is 6.07 Å². The van der Waals surface area contributed by atoms with E-state index in [0.717, 1.165) is 11.6 Å². The molecule has 2 aliphatic rings. The molecule has 9 nitrogen and oxygen atoms in total. The third-order valence-corrected chi connectivity index (χ3v) is 7.56. The Bertz CT molecular complexity index is 1440. The summed E-state index contributed by atoms with van der Waals surface area (Å²) in [5.41, 5.74) is 1.80. The van der Waals surface area contributed by atoms with E-state index in [-0.39, 0.29) is 47.9 Å². The van der Waals surface area contributed by atoms with Crippen molar-refractivity contribution in [1.29, 1.82) is 0 Å². The number of imidazole rings is 1. The van der Waals surface area contributed by atoms with E-state index >= 15 is 8.78 Å². The molecule has 1 fully saturated rings. The van der Waals surface area contributed by atoms with E-state index in [0.29, 0.717) is 24.2 Å². The molecule has 2 aromatic carbocycles. The maximum Gasteiger partial charge on any atom is 0.409 e. The van der Waals surface area contributed by atoms with E-state index in [4.69, 9.17) is 9.47 Å². The SMILES string of the molecule is COC(=O)N1CCO[C@@H](Cn2c(-c3c(F)cc4c(c3F)CCS(=O)(=O)N4)nc3cc(C)ccc32)C1. The highest BCUT2D eigenvalue weighted by molar-refractivity contribution is 7.92. The second-order valence-electron chi connectivity index (χ2n) is 8.69. The van der Waals surface area contributed by atoms with Gasteiger partial charge in [0.15, 0.2) is 0 Å². The van der Waals surface area contributed by atoms with Crippen LogP contribution in [0.1, 0.15) is 11.1 Å². The van der Waals surface area contributed by atoms with E-state index in [1.807, 2.05) is 25.1 Å². The molecule has 186 valence electrons. The lowest BCUT2D eigenvalue weighted by Gasteiger charge is -2.32. The van der Waals surface area contributed by atoms with Crippen LogP contribution in [0.2, 0.25) is 0 Å². The quantitative estimate of drug-likeness (QED) is 0.586. The summed E-state index contributed by atoms with van der Waals surface area (Å²) in [4.78, 5) is 18.1. The van der Waals surface area contributed by atoms with Gasteiger partial charge in [0.1, 0.15) is 17.5 Å². The van der Waals surface area contributed by atoms with E-state index in [2.05, 4.69) is 9.71 Å². The molecule has 2 aliphatic heterocycles. The molecule has 0 aliphatic carbocycles. The smallest absolute Gasteiger partial charge is 0.409 e. The van der Waals surface area contributed by atoms with Crippen molar-refractivity contribution in [3.05, 3.63) is 47.0 Å². The topological polar surface area (TPSA) is 103 Å². The number of nitrogens with one attached hydrogen (secondary N) is 1. The van der Waals surface area contributed by atoms with E-state index < -0.39 is 33.9 Å². The summed E-state index contributed by atoms with van der Waals surface area (Å²) in [7, 11) is -2.33. The lowest BCUT2D eigenvalue weighted by Crippen LogP contribution is -2.47. The number of aryl methyl sites for hydroxylation is 1. The molecular formula is C23H24F2N4O5S. The van der Waals surface area contributed by atoms with Crippen LogP contribution < -0.4 is 4.72 Å². The molecule has 5 rings (SSSR count). The summed E-state index contributed by atoms with van der Waals surface area (Å²) >= 11 is 0. The number of halogens is 2. The molecule has 0 spiro atoms. The molecule has 0 saturated carbocycles. The Morgan fingerprint density at radius 3 is 2.89 bits per heavy atom. The summed E-state index contributed by atoms with van der Waals surface area (Å²) in [6, 6.07) is 6.52. The number of sulfonamides is 1. The number of morpholine rings is 1. The minimum atomic E-state index is -3.64. The second kappa shape index (κ2) is 8.76. The normalized spacial score (nSPS) is 19.3. The molecule has 3 aromatic rings. The van der Waals surface area contributed by atoms with Gasteiger partial charge in [-0.25, -0.2) is 27.0 Å². The highest BCUT2D eigenvalue weighted by Gasteiger charge is 2.31. The Labute approximate surface area is 200 Å². The molecule has 0 unspecified atom stereocenters. The van der Waals surface area contributed by atoms with Crippen molar-refractivity contribution >= 4 is 32.8 Å². The number of ether oxygens (including phenoxy) is 2. The van der Waals surface area contributed by atoms with E-state index in [9.17, 15) is 13.2 Å². The Kier molecular flexibility index (Phi) is 5.88. The molecule has 1 aromatic heterocycles. The van der Waals surface area contributed by atoms with Gasteiger partial charge in [0.05, 0.1) is 60.9 Å². The fraction of sp³-hybridized carbons (Fsp3) is 0.391. The van der Waals surface area contributed by atoms with Crippen molar-refractivity contribution < 1.29 is 31.5 Å². The highest BCUT2D eigenvalue weighted by Crippen LogP contribution is 2.37. The first-order chi connectivity index (χ1) is 16.7. The lowest BCUT2D eigenvalue weighted by atomic mass is 10.0. The fourth-order valence-electron chi connectivity index (χ4n) is 4.60. The van der Waals surface area contributed by atoms with Crippen molar-refractivity contribution in [3.8, 4) is 11.4 Å². The predicted molar refractivity (Wildman–Crippen MR) is 125 cm³/mol. The van der Waals surface area contributed by atoms with Crippen molar-refractivity contribution in [1.82, 2.24) is 14.5 Å². The summed E-state index contributed by atoms with van der Waals surface area (Å²) in [5.74, 6) is -2.01. The van der Waals surface area contributed by atoms with Crippen molar-refractivity contribution in [2.75, 3.05) is 37.3 Å². The predicted octanol–water partition coefficient (Wildman–Crippen LogP) is 3.05. The van der Waals surface area contributed by atoms with Gasteiger partial charge in [0.2, 0.25) is 10.0 Å². The van der Waals surface area contributed by atoms with Crippen LogP contribution in [0.3, 0.4) is 0 Å². The van der Waals surface area contributed by atoms with Gasteiger partial charge in [0.25, 0.3) is 0 Å². The molecule has 35 heavy (non-hydrogen) atoms. The number of fused-ring (bicyclic) bond motifs is 2. The van der Waals surface area contributed by atoms with Crippen LogP contribution in [0.5, 0.6) is 0 Å². The Morgan fingerprint density at radius 2 is 2.11 bits per heavy atom. The monoisotopic (exact) mass is 506 g/mol. The first-order valence-corrected chi connectivity index (χ1v) is 12.7. The third kappa shape index (κ3) is 4.31. The summed E-state index contributed by atoms with van der Waals surface area (Å²) in [5, 5.41) is 0. The van der Waals surface area contributed by atoms with Crippen LogP contribution in [0, 0.1) is 18.6 Å². The van der Waals surface area contributed by atoms with Gasteiger partial charge in [-0.15, -0.1) is 0 Å². The molecular weight excluding hydrogens is 482 g/mol. The van der Waals surface area contributed by atoms with Crippen molar-refractivity contribution in [2.45, 2.75) is 26.0 Å². The molecule has 1 atom stereocenters. The number of hydrogen-bond donors (Lipinski definition) is 1. The lowest BCUT2D eigenvalue weighted by molar-refractivity contribution is -0.0310. The van der Waals surface area contributed by atoms with Gasteiger partial charge >= 0.3 is 6.09 Å². The van der Waals surface area contributed by atoms with Crippen LogP contribution in [-0.2, 0) is 32.5 Å². The van der Waals surface area contributed by atoms with Crippen LogP contribution in [0.25, 0.3) is 22.4 Å². The number of carbonyl (C=O) groups excluding carboxylic acids is 1. The molecule has 1 amide bonds. The number of carbonyl (C=O) groups is 1. The summed E-state index contributed by atoms with van der Waals surface area (Å²) < 4.78 is 69.4. The summed E-state index contributed by atoms with van der Waals surface area (Å²) in [6.07, 6.45) is -1.02. The zero-order valence-electron chi connectivity index (χ0n) is 19.2. The van der Waals surface area contributed by atoms with Crippen molar-refractivity contribution in [2.24, 2.45) is 0 Å². The molecule has 12 heteroatoms. The average Bonchev–Trinajstić information content (AvgIpc) is 3.14. The van der Waals surface area contributed by atoms with Gasteiger partial charge in [0, 0.05) is 12.1 Å². The van der Waals surface area contributed by atoms with Crippen LogP contribution in [0.4, 0.5) is 19.3 Å². The Hall–Kier alpha value is -3.25. The number of anilines is 1. The zero-order valence-corrected chi connectivity index (χ0v) is 20.0. The van der Waals surface area contributed by atoms with Gasteiger partial charge in [-0.3, -0.25) is 4.72 Å². The minimum absolute atomic E-state index is 0.0654. The maximum atomic E-state index is 15.7. The minimum Gasteiger partial charge on any atom is -0.453 e. The largest absolute Gasteiger partial charge is 0.453 e. The van der Waals surface area contributed by atoms with Crippen molar-refractivity contribution in [3.63, 3.8) is 0 Å². The van der Waals surface area contributed by atoms with Gasteiger partial charge < -0.3 is 18.9 Å². The molecule has 1 saturated heterocycles. The summed E-state index contributed by atoms with van der Waals surface area (Å²) in [6.45, 7) is 2.99. The second-order valence-corrected chi connectivity index (χ2v) is 10.5. The first kappa shape index (κ1) is 23.5. The number of rotatable bonds is 3. The number of benzene rings is 2. The molecule has 0 bridgehead atoms. The Morgan fingerprint density at radius 1 is 1.31 bits per heavy atom. The van der Waals surface area contributed by atoms with Crippen LogP contribution >= 0.6 is 0 Å². The maximum absolute atomic E-state index is 15.7. The zero-order chi connectivity index (χ0) is 24.9. The van der Waals surface area contributed by atoms with Gasteiger partial charge in [-0.2, -0.15) is 0 Å². The molecule has 0 radical (unpaired) electrons. The van der Waals surface area contributed by atoms with E-state index in [1.54, 1.807) is 4.57 Å². The average molecular weight is 507 g/mol. The number of aromatic nitrogens is 2. The standard InChI is InChI=1S/C23H24F2N4O5S/c1-13-3-4-19-18(9-13)26-22(29(19)12-14-11-28(6-7-34-14)23(30)33-2)20-16(24)10-17-15(21(20)25)5-8-35(31,32)27-17/h3-4,9-10,14,27H,5-8,11-12H2,1-2H3/t14-/m1/s1. The number of amides is 1. The third-order valence-electron chi connectivity index (χ3n) is 6.29. The molecule has 1 N–H and O–H groups in total. The number of nitrogens with zero attached hydrogens (tertiary/aromatic N) is 3. The fourth-order valence-corrected chi connectivity index (χ4v) is 5.69. The number of hydrogen-bond acceptors (Lipinski definition) is 6. The number of methoxy groups -OCH3 is 1. The van der Waals surface area contributed by atoms with Crippen LogP contribution in [0.15, 0.2) is 24.3 Å². The van der Waals surface area contributed by atoms with E-state index in [1.165, 1.54) is 12.0 Å². The molecule has 3 heterocycles. The first-order valence-electron chi connectivity index (χ1n) is 11.1. The highest BCUT2D eigenvalue weighted by atomic mass is 32.2. The van der Waals surface area contributed by atoms with Gasteiger partial charge in [-0.05, 0) is 37.1 Å².